The van der Waals surface area contributed by atoms with E-state index in [4.69, 9.17) is 5.11 Å². The van der Waals surface area contributed by atoms with Crippen LogP contribution >= 0.6 is 0 Å². The van der Waals surface area contributed by atoms with Crippen molar-refractivity contribution in [2.24, 2.45) is 0 Å². The van der Waals surface area contributed by atoms with Gasteiger partial charge in [0.1, 0.15) is 6.61 Å². The van der Waals surface area contributed by atoms with Crippen LogP contribution in [-0.4, -0.2) is 35.6 Å². The van der Waals surface area contributed by atoms with E-state index in [1.807, 2.05) is 43.3 Å². The van der Waals surface area contributed by atoms with Gasteiger partial charge in [0.05, 0.1) is 18.4 Å². The van der Waals surface area contributed by atoms with Crippen LogP contribution in [0, 0.1) is 11.8 Å². The van der Waals surface area contributed by atoms with E-state index in [0.29, 0.717) is 6.54 Å². The summed E-state index contributed by atoms with van der Waals surface area (Å²) in [5.41, 5.74) is 2.37. The minimum atomic E-state index is -0.169. The van der Waals surface area contributed by atoms with Crippen LogP contribution in [0.25, 0.3) is 0 Å². The zero-order valence-electron chi connectivity index (χ0n) is 12.1. The summed E-state index contributed by atoms with van der Waals surface area (Å²) in [4.78, 5) is 13.9. The molecule has 21 heavy (non-hydrogen) atoms. The monoisotopic (exact) mass is 283 g/mol. The van der Waals surface area contributed by atoms with Gasteiger partial charge in [-0.05, 0) is 17.7 Å². The molecule has 2 aromatic rings. The summed E-state index contributed by atoms with van der Waals surface area (Å²) in [6, 6.07) is 9.09. The van der Waals surface area contributed by atoms with Crippen LogP contribution in [0.15, 0.2) is 41.3 Å². The summed E-state index contributed by atoms with van der Waals surface area (Å²) >= 11 is 0. The van der Waals surface area contributed by atoms with Crippen molar-refractivity contribution in [2.45, 2.75) is 6.54 Å². The second-order valence-corrected chi connectivity index (χ2v) is 4.76. The maximum atomic E-state index is 12.0. The van der Waals surface area contributed by atoms with Crippen LogP contribution in [0.4, 0.5) is 5.69 Å². The molecule has 108 valence electrons. The predicted molar refractivity (Wildman–Crippen MR) is 82.3 cm³/mol. The van der Waals surface area contributed by atoms with Crippen molar-refractivity contribution in [3.63, 3.8) is 0 Å². The molecule has 0 aliphatic heterocycles. The Morgan fingerprint density at radius 3 is 2.81 bits per heavy atom. The molecule has 0 atom stereocenters. The Kier molecular flexibility index (Phi) is 4.75. The lowest BCUT2D eigenvalue weighted by atomic mass is 10.1. The minimum Gasteiger partial charge on any atom is -0.384 e. The van der Waals surface area contributed by atoms with Gasteiger partial charge in [0.2, 0.25) is 0 Å². The Balaban J connectivity index is 2.24. The van der Waals surface area contributed by atoms with Crippen molar-refractivity contribution in [3.05, 3.63) is 58.0 Å². The zero-order chi connectivity index (χ0) is 15.2. The summed E-state index contributed by atoms with van der Waals surface area (Å²) < 4.78 is 1.41. The SMILES string of the molecule is CN(C)c1cnn(Cc2cccc(C#CCO)c2)c(=O)c1. The Bertz CT molecular complexity index is 739. The van der Waals surface area contributed by atoms with E-state index < -0.39 is 0 Å². The van der Waals surface area contributed by atoms with Gasteiger partial charge in [-0.3, -0.25) is 4.79 Å². The van der Waals surface area contributed by atoms with Crippen LogP contribution < -0.4 is 10.5 Å². The molecular formula is C16H17N3O2. The Morgan fingerprint density at radius 2 is 2.14 bits per heavy atom. The molecule has 2 rings (SSSR count). The fourth-order valence-corrected chi connectivity index (χ4v) is 1.85. The number of aliphatic hydroxyl groups excluding tert-OH is 1. The van der Waals surface area contributed by atoms with Crippen molar-refractivity contribution in [1.29, 1.82) is 0 Å². The molecule has 1 aromatic carbocycles. The van der Waals surface area contributed by atoms with E-state index in [1.165, 1.54) is 4.68 Å². The molecule has 0 radical (unpaired) electrons. The highest BCUT2D eigenvalue weighted by Crippen LogP contribution is 2.07. The third-order valence-corrected chi connectivity index (χ3v) is 2.94. The molecular weight excluding hydrogens is 266 g/mol. The molecule has 0 saturated heterocycles. The summed E-state index contributed by atoms with van der Waals surface area (Å²) in [6.45, 7) is 0.221. The maximum Gasteiger partial charge on any atom is 0.269 e. The standard InChI is InChI=1S/C16H17N3O2/c1-18(2)15-10-16(21)19(17-11-15)12-14-6-3-5-13(9-14)7-4-8-20/h3,5-6,9-11,20H,8,12H2,1-2H3. The van der Waals surface area contributed by atoms with Crippen molar-refractivity contribution in [3.8, 4) is 11.8 Å². The van der Waals surface area contributed by atoms with Crippen LogP contribution in [0.2, 0.25) is 0 Å². The molecule has 1 N–H and O–H groups in total. The molecule has 0 amide bonds. The lowest BCUT2D eigenvalue weighted by Gasteiger charge is -2.12. The normalized spacial score (nSPS) is 9.86. The minimum absolute atomic E-state index is 0.145. The number of nitrogens with zero attached hydrogens (tertiary/aromatic N) is 3. The number of aliphatic hydroxyl groups is 1. The van der Waals surface area contributed by atoms with Crippen LogP contribution in [-0.2, 0) is 6.54 Å². The second kappa shape index (κ2) is 6.73. The molecule has 5 heteroatoms. The maximum absolute atomic E-state index is 12.0. The summed E-state index contributed by atoms with van der Waals surface area (Å²) in [5.74, 6) is 5.45. The molecule has 0 aliphatic rings. The largest absolute Gasteiger partial charge is 0.384 e. The first kappa shape index (κ1) is 14.8. The highest BCUT2D eigenvalue weighted by molar-refractivity contribution is 5.41. The highest BCUT2D eigenvalue weighted by atomic mass is 16.2. The van der Waals surface area contributed by atoms with Gasteiger partial charge in [-0.2, -0.15) is 5.10 Å². The third-order valence-electron chi connectivity index (χ3n) is 2.94. The van der Waals surface area contributed by atoms with E-state index in [1.54, 1.807) is 12.3 Å². The molecule has 0 fully saturated rings. The first-order valence-electron chi connectivity index (χ1n) is 6.53. The highest BCUT2D eigenvalue weighted by Gasteiger charge is 2.03. The molecule has 0 spiro atoms. The third kappa shape index (κ3) is 3.94. The number of aromatic nitrogens is 2. The number of anilines is 1. The summed E-state index contributed by atoms with van der Waals surface area (Å²) in [5, 5.41) is 12.9. The van der Waals surface area contributed by atoms with Gasteiger partial charge >= 0.3 is 0 Å². The molecule has 5 nitrogen and oxygen atoms in total. The quantitative estimate of drug-likeness (QED) is 0.843. The van der Waals surface area contributed by atoms with Gasteiger partial charge in [-0.15, -0.1) is 0 Å². The average Bonchev–Trinajstić information content (AvgIpc) is 2.47. The molecule has 0 aliphatic carbocycles. The summed E-state index contributed by atoms with van der Waals surface area (Å²) in [7, 11) is 3.73. The van der Waals surface area contributed by atoms with E-state index >= 15 is 0 Å². The van der Waals surface area contributed by atoms with Crippen molar-refractivity contribution in [2.75, 3.05) is 25.6 Å². The van der Waals surface area contributed by atoms with Gasteiger partial charge in [-0.1, -0.05) is 24.0 Å². The lowest BCUT2D eigenvalue weighted by Crippen LogP contribution is -2.24. The average molecular weight is 283 g/mol. The van der Waals surface area contributed by atoms with Gasteiger partial charge in [0, 0.05) is 25.7 Å². The Hall–Kier alpha value is -2.58. The predicted octanol–water partition coefficient (Wildman–Crippen LogP) is 0.701. The fraction of sp³-hybridized carbons (Fsp3) is 0.250. The van der Waals surface area contributed by atoms with Gasteiger partial charge in [-0.25, -0.2) is 4.68 Å². The van der Waals surface area contributed by atoms with E-state index in [0.717, 1.165) is 16.8 Å². The zero-order valence-corrected chi connectivity index (χ0v) is 12.1. The number of rotatable bonds is 3. The van der Waals surface area contributed by atoms with E-state index in [2.05, 4.69) is 16.9 Å². The topological polar surface area (TPSA) is 58.4 Å². The summed E-state index contributed by atoms with van der Waals surface area (Å²) in [6.07, 6.45) is 1.66. The smallest absolute Gasteiger partial charge is 0.269 e. The number of hydrogen-bond donors (Lipinski definition) is 1. The molecule has 0 bridgehead atoms. The number of benzene rings is 1. The second-order valence-electron chi connectivity index (χ2n) is 4.76. The van der Waals surface area contributed by atoms with Crippen molar-refractivity contribution >= 4 is 5.69 Å². The Labute approximate surface area is 123 Å². The first-order valence-corrected chi connectivity index (χ1v) is 6.53. The van der Waals surface area contributed by atoms with Crippen LogP contribution in [0.5, 0.6) is 0 Å². The van der Waals surface area contributed by atoms with E-state index in [9.17, 15) is 4.79 Å². The molecule has 1 aromatic heterocycles. The fourth-order valence-electron chi connectivity index (χ4n) is 1.85. The van der Waals surface area contributed by atoms with Crippen LogP contribution in [0.3, 0.4) is 0 Å². The number of hydrogen-bond acceptors (Lipinski definition) is 4. The first-order chi connectivity index (χ1) is 10.1. The molecule has 0 unspecified atom stereocenters. The van der Waals surface area contributed by atoms with Crippen molar-refractivity contribution < 1.29 is 5.11 Å². The molecule has 1 heterocycles. The van der Waals surface area contributed by atoms with Gasteiger partial charge in [0.25, 0.3) is 5.56 Å². The van der Waals surface area contributed by atoms with E-state index in [-0.39, 0.29) is 12.2 Å². The van der Waals surface area contributed by atoms with Gasteiger partial charge in [0.15, 0.2) is 0 Å². The molecule has 0 saturated carbocycles. The van der Waals surface area contributed by atoms with Crippen molar-refractivity contribution in [1.82, 2.24) is 9.78 Å². The Morgan fingerprint density at radius 1 is 1.33 bits per heavy atom. The lowest BCUT2D eigenvalue weighted by molar-refractivity contribution is 0.350. The van der Waals surface area contributed by atoms with Gasteiger partial charge < -0.3 is 10.0 Å². The van der Waals surface area contributed by atoms with Crippen LogP contribution in [0.1, 0.15) is 11.1 Å².